The molecule has 0 spiro atoms. The maximum Gasteiger partial charge on any atom is 0.255 e. The van der Waals surface area contributed by atoms with Crippen molar-refractivity contribution < 1.29 is 9.18 Å². The Bertz CT molecular complexity index is 880. The number of hydrogen-bond donors (Lipinski definition) is 2. The van der Waals surface area contributed by atoms with Gasteiger partial charge in [-0.25, -0.2) is 4.39 Å². The SMILES string of the molecule is Cc1ccc(F)cc1NC(=O)c1ccc2[nH]c(C)c(C)c2c1. The molecule has 3 rings (SSSR count). The predicted molar refractivity (Wildman–Crippen MR) is 86.9 cm³/mol. The molecule has 1 amide bonds. The molecule has 3 aromatic rings. The van der Waals surface area contributed by atoms with Crippen LogP contribution in [0.5, 0.6) is 0 Å². The standard InChI is InChI=1S/C18H17FN2O/c1-10-4-6-14(19)9-17(10)21-18(22)13-5-7-16-15(8-13)11(2)12(3)20-16/h4-9,20H,1-3H3,(H,21,22). The van der Waals surface area contributed by atoms with Crippen molar-refractivity contribution >= 4 is 22.5 Å². The van der Waals surface area contributed by atoms with Crippen LogP contribution in [0, 0.1) is 26.6 Å². The van der Waals surface area contributed by atoms with Gasteiger partial charge in [0.15, 0.2) is 0 Å². The summed E-state index contributed by atoms with van der Waals surface area (Å²) in [7, 11) is 0. The summed E-state index contributed by atoms with van der Waals surface area (Å²) in [6, 6.07) is 9.87. The lowest BCUT2D eigenvalue weighted by Crippen LogP contribution is -2.12. The molecule has 2 aromatic carbocycles. The molecular formula is C18H17FN2O. The number of nitrogens with one attached hydrogen (secondary N) is 2. The Morgan fingerprint density at radius 3 is 2.64 bits per heavy atom. The smallest absolute Gasteiger partial charge is 0.255 e. The van der Waals surface area contributed by atoms with Gasteiger partial charge in [-0.1, -0.05) is 6.07 Å². The number of fused-ring (bicyclic) bond motifs is 1. The highest BCUT2D eigenvalue weighted by atomic mass is 19.1. The average molecular weight is 296 g/mol. The van der Waals surface area contributed by atoms with Crippen LogP contribution in [0.25, 0.3) is 10.9 Å². The largest absolute Gasteiger partial charge is 0.358 e. The highest BCUT2D eigenvalue weighted by Crippen LogP contribution is 2.23. The molecule has 0 aliphatic carbocycles. The van der Waals surface area contributed by atoms with Gasteiger partial charge in [0.1, 0.15) is 5.82 Å². The summed E-state index contributed by atoms with van der Waals surface area (Å²) in [6.45, 7) is 5.86. The molecule has 4 heteroatoms. The topological polar surface area (TPSA) is 44.9 Å². The van der Waals surface area contributed by atoms with Crippen LogP contribution in [0.15, 0.2) is 36.4 Å². The van der Waals surface area contributed by atoms with Crippen LogP contribution in [0.2, 0.25) is 0 Å². The maximum atomic E-state index is 13.3. The van der Waals surface area contributed by atoms with Gasteiger partial charge in [-0.2, -0.15) is 0 Å². The van der Waals surface area contributed by atoms with Crippen LogP contribution < -0.4 is 5.32 Å². The third-order valence-electron chi connectivity index (χ3n) is 4.02. The van der Waals surface area contributed by atoms with Crippen molar-refractivity contribution in [3.8, 4) is 0 Å². The van der Waals surface area contributed by atoms with E-state index in [4.69, 9.17) is 0 Å². The van der Waals surface area contributed by atoms with Gasteiger partial charge in [-0.3, -0.25) is 4.79 Å². The first-order chi connectivity index (χ1) is 10.5. The number of rotatable bonds is 2. The third kappa shape index (κ3) is 2.48. The van der Waals surface area contributed by atoms with Crippen LogP contribution in [0.3, 0.4) is 0 Å². The Morgan fingerprint density at radius 2 is 1.86 bits per heavy atom. The monoisotopic (exact) mass is 296 g/mol. The van der Waals surface area contributed by atoms with E-state index in [9.17, 15) is 9.18 Å². The first-order valence-electron chi connectivity index (χ1n) is 7.12. The zero-order valence-electron chi connectivity index (χ0n) is 12.8. The van der Waals surface area contributed by atoms with E-state index in [1.54, 1.807) is 12.1 Å². The molecule has 112 valence electrons. The van der Waals surface area contributed by atoms with Gasteiger partial charge in [0.2, 0.25) is 0 Å². The van der Waals surface area contributed by atoms with Gasteiger partial charge in [0, 0.05) is 27.8 Å². The molecule has 2 N–H and O–H groups in total. The lowest BCUT2D eigenvalue weighted by molar-refractivity contribution is 0.102. The van der Waals surface area contributed by atoms with Crippen LogP contribution in [-0.2, 0) is 0 Å². The zero-order chi connectivity index (χ0) is 15.9. The fraction of sp³-hybridized carbons (Fsp3) is 0.167. The lowest BCUT2D eigenvalue weighted by Gasteiger charge is -2.08. The molecule has 1 aromatic heterocycles. The summed E-state index contributed by atoms with van der Waals surface area (Å²) in [5.41, 5.74) is 5.10. The third-order valence-corrected chi connectivity index (χ3v) is 4.02. The minimum Gasteiger partial charge on any atom is -0.358 e. The molecule has 0 bridgehead atoms. The van der Waals surface area contributed by atoms with Crippen LogP contribution >= 0.6 is 0 Å². The normalized spacial score (nSPS) is 10.9. The average Bonchev–Trinajstić information content (AvgIpc) is 2.77. The number of benzene rings is 2. The minimum atomic E-state index is -0.367. The summed E-state index contributed by atoms with van der Waals surface area (Å²) in [5.74, 6) is -0.609. The van der Waals surface area contributed by atoms with E-state index >= 15 is 0 Å². The summed E-state index contributed by atoms with van der Waals surface area (Å²) < 4.78 is 13.3. The molecule has 0 aliphatic rings. The summed E-state index contributed by atoms with van der Waals surface area (Å²) >= 11 is 0. The number of aromatic amines is 1. The minimum absolute atomic E-state index is 0.242. The van der Waals surface area contributed by atoms with Gasteiger partial charge in [-0.15, -0.1) is 0 Å². The Labute approximate surface area is 128 Å². The number of H-pyrrole nitrogens is 1. The molecule has 0 radical (unpaired) electrons. The Morgan fingerprint density at radius 1 is 1.09 bits per heavy atom. The number of anilines is 1. The highest BCUT2D eigenvalue weighted by molar-refractivity contribution is 6.06. The number of carbonyl (C=O) groups is 1. The second-order valence-electron chi connectivity index (χ2n) is 5.55. The molecular weight excluding hydrogens is 279 g/mol. The molecule has 1 heterocycles. The van der Waals surface area contributed by atoms with Crippen molar-refractivity contribution in [1.29, 1.82) is 0 Å². The van der Waals surface area contributed by atoms with Crippen LogP contribution in [-0.4, -0.2) is 10.9 Å². The molecule has 0 unspecified atom stereocenters. The van der Waals surface area contributed by atoms with Gasteiger partial charge in [0.05, 0.1) is 0 Å². The van der Waals surface area contributed by atoms with E-state index in [0.717, 1.165) is 27.7 Å². The van der Waals surface area contributed by atoms with E-state index in [0.29, 0.717) is 11.3 Å². The predicted octanol–water partition coefficient (Wildman–Crippen LogP) is 4.48. The van der Waals surface area contributed by atoms with Crippen molar-refractivity contribution in [2.75, 3.05) is 5.32 Å². The first kappa shape index (κ1) is 14.3. The number of aromatic nitrogens is 1. The number of hydrogen-bond acceptors (Lipinski definition) is 1. The summed E-state index contributed by atoms with van der Waals surface area (Å²) in [4.78, 5) is 15.7. The molecule has 0 fully saturated rings. The second-order valence-corrected chi connectivity index (χ2v) is 5.55. The molecule has 22 heavy (non-hydrogen) atoms. The van der Waals surface area contributed by atoms with Crippen molar-refractivity contribution in [3.63, 3.8) is 0 Å². The first-order valence-corrected chi connectivity index (χ1v) is 7.12. The van der Waals surface area contributed by atoms with Gasteiger partial charge in [-0.05, 0) is 62.2 Å². The Hall–Kier alpha value is -2.62. The summed E-state index contributed by atoms with van der Waals surface area (Å²) in [5, 5.41) is 3.80. The van der Waals surface area contributed by atoms with E-state index in [1.807, 2.05) is 32.9 Å². The second kappa shape index (κ2) is 5.30. The van der Waals surface area contributed by atoms with Crippen molar-refractivity contribution in [2.45, 2.75) is 20.8 Å². The zero-order valence-corrected chi connectivity index (χ0v) is 12.8. The maximum absolute atomic E-state index is 13.3. The van der Waals surface area contributed by atoms with Gasteiger partial charge < -0.3 is 10.3 Å². The number of amides is 1. The van der Waals surface area contributed by atoms with E-state index in [1.165, 1.54) is 12.1 Å². The van der Waals surface area contributed by atoms with Crippen LogP contribution in [0.1, 0.15) is 27.2 Å². The number of aryl methyl sites for hydroxylation is 3. The van der Waals surface area contributed by atoms with Crippen LogP contribution in [0.4, 0.5) is 10.1 Å². The quantitative estimate of drug-likeness (QED) is 0.719. The summed E-state index contributed by atoms with van der Waals surface area (Å²) in [6.07, 6.45) is 0. The highest BCUT2D eigenvalue weighted by Gasteiger charge is 2.11. The van der Waals surface area contributed by atoms with Crippen molar-refractivity contribution in [3.05, 3.63) is 64.6 Å². The molecule has 0 saturated heterocycles. The van der Waals surface area contributed by atoms with Gasteiger partial charge >= 0.3 is 0 Å². The fourth-order valence-electron chi connectivity index (χ4n) is 2.53. The Kier molecular flexibility index (Phi) is 3.45. The molecule has 0 atom stereocenters. The van der Waals surface area contributed by atoms with Crippen molar-refractivity contribution in [2.24, 2.45) is 0 Å². The van der Waals surface area contributed by atoms with E-state index in [2.05, 4.69) is 10.3 Å². The fourth-order valence-corrected chi connectivity index (χ4v) is 2.53. The molecule has 0 aliphatic heterocycles. The molecule has 3 nitrogen and oxygen atoms in total. The Balaban J connectivity index is 1.95. The number of carbonyl (C=O) groups excluding carboxylic acids is 1. The van der Waals surface area contributed by atoms with Crippen molar-refractivity contribution in [1.82, 2.24) is 4.98 Å². The van der Waals surface area contributed by atoms with Gasteiger partial charge in [0.25, 0.3) is 5.91 Å². The van der Waals surface area contributed by atoms with E-state index < -0.39 is 0 Å². The number of halogens is 1. The lowest BCUT2D eigenvalue weighted by atomic mass is 10.1. The molecule has 0 saturated carbocycles. The van der Waals surface area contributed by atoms with E-state index in [-0.39, 0.29) is 11.7 Å².